The van der Waals surface area contributed by atoms with Crippen LogP contribution in [0.3, 0.4) is 0 Å². The van der Waals surface area contributed by atoms with Gasteiger partial charge in [0.15, 0.2) is 5.16 Å². The topological polar surface area (TPSA) is 105 Å². The Morgan fingerprint density at radius 3 is 2.70 bits per heavy atom. The number of nitro benzene ring substituents is 1. The molecule has 0 N–H and O–H groups in total. The maximum absolute atomic E-state index is 13.0. The normalized spacial score (nSPS) is 11.4. The van der Waals surface area contributed by atoms with Crippen molar-refractivity contribution < 1.29 is 9.66 Å². The molecule has 0 unspecified atom stereocenters. The molecule has 0 saturated heterocycles. The molecule has 0 aliphatic carbocycles. The lowest BCUT2D eigenvalue weighted by Crippen LogP contribution is -2.24. The fourth-order valence-corrected chi connectivity index (χ4v) is 4.29. The maximum Gasteiger partial charge on any atom is 0.273 e. The molecule has 0 radical (unpaired) electrons. The number of nitrogens with zero attached hydrogens (tertiary/aromatic N) is 5. The van der Waals surface area contributed by atoms with Crippen LogP contribution in [-0.2, 0) is 17.0 Å². The average molecular weight is 425 g/mol. The molecule has 0 saturated carbocycles. The number of ether oxygens (including phenoxy) is 1. The van der Waals surface area contributed by atoms with E-state index in [0.29, 0.717) is 52.7 Å². The molecule has 2 heterocycles. The van der Waals surface area contributed by atoms with Crippen molar-refractivity contribution in [3.05, 3.63) is 74.6 Å². The molecule has 10 heteroatoms. The second-order valence-electron chi connectivity index (χ2n) is 6.61. The van der Waals surface area contributed by atoms with Gasteiger partial charge >= 0.3 is 0 Å². The van der Waals surface area contributed by atoms with Gasteiger partial charge in [-0.15, -0.1) is 10.2 Å². The standard InChI is InChI=1S/C20H19N5O4S/c1-29-12-6-11-23-18(26)15-8-3-5-10-17(15)24-19(23)21-22-20(24)30-13-14-7-2-4-9-16(14)25(27)28/h2-5,7-10H,6,11-13H2,1H3. The van der Waals surface area contributed by atoms with Crippen molar-refractivity contribution in [3.63, 3.8) is 0 Å². The number of fused-ring (bicyclic) bond motifs is 3. The van der Waals surface area contributed by atoms with E-state index < -0.39 is 0 Å². The summed E-state index contributed by atoms with van der Waals surface area (Å²) >= 11 is 1.34. The first-order valence-electron chi connectivity index (χ1n) is 9.32. The Hall–Kier alpha value is -3.24. The average Bonchev–Trinajstić information content (AvgIpc) is 3.18. The van der Waals surface area contributed by atoms with Gasteiger partial charge in [0, 0.05) is 37.6 Å². The molecular weight excluding hydrogens is 406 g/mol. The molecule has 0 amide bonds. The summed E-state index contributed by atoms with van der Waals surface area (Å²) in [6.45, 7) is 0.979. The smallest absolute Gasteiger partial charge is 0.273 e. The molecule has 2 aromatic carbocycles. The predicted octanol–water partition coefficient (Wildman–Crippen LogP) is 3.28. The molecule has 154 valence electrons. The van der Waals surface area contributed by atoms with E-state index in [1.165, 1.54) is 17.8 Å². The lowest BCUT2D eigenvalue weighted by Gasteiger charge is -2.11. The number of methoxy groups -OCH3 is 1. The van der Waals surface area contributed by atoms with Crippen molar-refractivity contribution in [2.45, 2.75) is 23.9 Å². The SMILES string of the molecule is COCCCn1c(=O)c2ccccc2n2c(SCc3ccccc3[N+](=O)[O-])nnc12. The van der Waals surface area contributed by atoms with Crippen molar-refractivity contribution in [1.29, 1.82) is 0 Å². The second kappa shape index (κ2) is 8.64. The highest BCUT2D eigenvalue weighted by Crippen LogP contribution is 2.28. The second-order valence-corrected chi connectivity index (χ2v) is 7.56. The molecule has 30 heavy (non-hydrogen) atoms. The number of thioether (sulfide) groups is 1. The summed E-state index contributed by atoms with van der Waals surface area (Å²) in [5, 5.41) is 21.0. The van der Waals surface area contributed by atoms with Crippen LogP contribution >= 0.6 is 11.8 Å². The number of aromatic nitrogens is 4. The van der Waals surface area contributed by atoms with Gasteiger partial charge in [-0.2, -0.15) is 0 Å². The van der Waals surface area contributed by atoms with Gasteiger partial charge in [0.05, 0.1) is 15.8 Å². The minimum absolute atomic E-state index is 0.0696. The maximum atomic E-state index is 13.0. The summed E-state index contributed by atoms with van der Waals surface area (Å²) in [5.74, 6) is 0.801. The van der Waals surface area contributed by atoms with Crippen LogP contribution in [0, 0.1) is 10.1 Å². The predicted molar refractivity (Wildman–Crippen MR) is 114 cm³/mol. The highest BCUT2D eigenvalue weighted by molar-refractivity contribution is 7.98. The number of hydrogen-bond acceptors (Lipinski definition) is 7. The number of rotatable bonds is 8. The first-order valence-corrected chi connectivity index (χ1v) is 10.3. The zero-order valence-corrected chi connectivity index (χ0v) is 17.0. The fraction of sp³-hybridized carbons (Fsp3) is 0.250. The Bertz CT molecular complexity index is 1280. The van der Waals surface area contributed by atoms with E-state index in [2.05, 4.69) is 10.2 Å². The lowest BCUT2D eigenvalue weighted by atomic mass is 10.2. The van der Waals surface area contributed by atoms with Gasteiger partial charge in [0.1, 0.15) is 0 Å². The summed E-state index contributed by atoms with van der Waals surface area (Å²) < 4.78 is 8.55. The minimum atomic E-state index is -0.388. The van der Waals surface area contributed by atoms with Gasteiger partial charge in [-0.25, -0.2) is 0 Å². The number of nitro groups is 1. The van der Waals surface area contributed by atoms with Crippen LogP contribution in [0.2, 0.25) is 0 Å². The minimum Gasteiger partial charge on any atom is -0.385 e. The first kappa shape index (κ1) is 20.0. The Morgan fingerprint density at radius 1 is 1.13 bits per heavy atom. The molecule has 0 fully saturated rings. The molecule has 4 aromatic rings. The fourth-order valence-electron chi connectivity index (χ4n) is 3.35. The first-order chi connectivity index (χ1) is 14.6. The van der Waals surface area contributed by atoms with Gasteiger partial charge in [-0.3, -0.25) is 23.9 Å². The van der Waals surface area contributed by atoms with Crippen LogP contribution in [-0.4, -0.2) is 37.8 Å². The number of para-hydroxylation sites is 2. The van der Waals surface area contributed by atoms with E-state index in [1.54, 1.807) is 35.9 Å². The Kier molecular flexibility index (Phi) is 5.77. The third-order valence-corrected chi connectivity index (χ3v) is 5.73. The Morgan fingerprint density at radius 2 is 1.90 bits per heavy atom. The Balaban J connectivity index is 1.79. The quantitative estimate of drug-likeness (QED) is 0.185. The van der Waals surface area contributed by atoms with Crippen LogP contribution in [0.15, 0.2) is 58.5 Å². The zero-order chi connectivity index (χ0) is 21.1. The van der Waals surface area contributed by atoms with Crippen LogP contribution in [0.4, 0.5) is 5.69 Å². The van der Waals surface area contributed by atoms with Crippen LogP contribution in [0.1, 0.15) is 12.0 Å². The van der Waals surface area contributed by atoms with E-state index in [9.17, 15) is 14.9 Å². The van der Waals surface area contributed by atoms with Crippen LogP contribution < -0.4 is 5.56 Å². The zero-order valence-electron chi connectivity index (χ0n) is 16.2. The molecule has 0 aliphatic heterocycles. The lowest BCUT2D eigenvalue weighted by molar-refractivity contribution is -0.385. The Labute approximate surface area is 175 Å². The molecule has 2 aromatic heterocycles. The van der Waals surface area contributed by atoms with Crippen molar-refractivity contribution in [2.24, 2.45) is 0 Å². The molecule has 0 bridgehead atoms. The summed E-state index contributed by atoms with van der Waals surface area (Å²) in [6, 6.07) is 13.9. The van der Waals surface area contributed by atoms with E-state index in [-0.39, 0.29) is 16.2 Å². The van der Waals surface area contributed by atoms with Gasteiger partial charge in [-0.05, 0) is 18.6 Å². The van der Waals surface area contributed by atoms with Gasteiger partial charge in [0.2, 0.25) is 5.78 Å². The molecule has 0 spiro atoms. The van der Waals surface area contributed by atoms with Crippen molar-refractivity contribution in [1.82, 2.24) is 19.2 Å². The highest BCUT2D eigenvalue weighted by atomic mass is 32.2. The molecular formula is C20H19N5O4S. The van der Waals surface area contributed by atoms with Crippen molar-refractivity contribution in [2.75, 3.05) is 13.7 Å². The number of benzene rings is 2. The number of aryl methyl sites for hydroxylation is 1. The van der Waals surface area contributed by atoms with Gasteiger partial charge < -0.3 is 4.74 Å². The van der Waals surface area contributed by atoms with Crippen molar-refractivity contribution in [3.8, 4) is 0 Å². The largest absolute Gasteiger partial charge is 0.385 e. The molecule has 0 aliphatic rings. The third-order valence-electron chi connectivity index (χ3n) is 4.75. The summed E-state index contributed by atoms with van der Waals surface area (Å²) in [7, 11) is 1.62. The highest BCUT2D eigenvalue weighted by Gasteiger charge is 2.18. The van der Waals surface area contributed by atoms with Gasteiger partial charge in [-0.1, -0.05) is 42.1 Å². The number of hydrogen-bond donors (Lipinski definition) is 0. The van der Waals surface area contributed by atoms with E-state index in [1.807, 2.05) is 22.6 Å². The monoisotopic (exact) mass is 425 g/mol. The molecule has 4 rings (SSSR count). The summed E-state index contributed by atoms with van der Waals surface area (Å²) in [4.78, 5) is 23.9. The van der Waals surface area contributed by atoms with Gasteiger partial charge in [0.25, 0.3) is 11.2 Å². The molecule has 9 nitrogen and oxygen atoms in total. The van der Waals surface area contributed by atoms with Crippen molar-refractivity contribution >= 4 is 34.1 Å². The van der Waals surface area contributed by atoms with E-state index in [4.69, 9.17) is 4.74 Å². The van der Waals surface area contributed by atoms with Crippen LogP contribution in [0.25, 0.3) is 16.7 Å². The molecule has 0 atom stereocenters. The summed E-state index contributed by atoms with van der Waals surface area (Å²) in [5.41, 5.74) is 1.24. The summed E-state index contributed by atoms with van der Waals surface area (Å²) in [6.07, 6.45) is 0.663. The van der Waals surface area contributed by atoms with E-state index in [0.717, 1.165) is 0 Å². The third kappa shape index (κ3) is 3.66. The van der Waals surface area contributed by atoms with Crippen LogP contribution in [0.5, 0.6) is 0 Å². The van der Waals surface area contributed by atoms with E-state index >= 15 is 0 Å².